The number of aromatic nitrogens is 3. The molecule has 0 unspecified atom stereocenters. The van der Waals surface area contributed by atoms with Crippen molar-refractivity contribution < 1.29 is 11.3 Å². The maximum absolute atomic E-state index is 8.57. The van der Waals surface area contributed by atoms with Gasteiger partial charge in [0.1, 0.15) is 11.2 Å². The summed E-state index contributed by atoms with van der Waals surface area (Å²) in [7, 11) is 0. The number of hydrogen-bond donors (Lipinski definition) is 0. The largest absolute Gasteiger partial charge is 0.455 e. The summed E-state index contributed by atoms with van der Waals surface area (Å²) in [6.45, 7) is 0. The lowest BCUT2D eigenvalue weighted by atomic mass is 10.00. The van der Waals surface area contributed by atoms with Crippen molar-refractivity contribution in [3.05, 3.63) is 164 Å². The molecule has 3 heterocycles. The van der Waals surface area contributed by atoms with Gasteiger partial charge in [-0.15, -0.1) is 11.3 Å². The van der Waals surface area contributed by atoms with E-state index in [0.29, 0.717) is 39.7 Å². The number of para-hydroxylation sites is 2. The van der Waals surface area contributed by atoms with Crippen LogP contribution < -0.4 is 0 Å². The van der Waals surface area contributed by atoms with Gasteiger partial charge in [0.25, 0.3) is 0 Å². The van der Waals surface area contributed by atoms with E-state index in [2.05, 4.69) is 66.7 Å². The lowest BCUT2D eigenvalue weighted by Gasteiger charge is -2.10. The maximum Gasteiger partial charge on any atom is 0.167 e. The fourth-order valence-electron chi connectivity index (χ4n) is 6.72. The number of fused-ring (bicyclic) bond motifs is 6. The molecular weight excluding hydrogens is 631 g/mol. The zero-order chi connectivity index (χ0) is 37.4. The van der Waals surface area contributed by atoms with Gasteiger partial charge in [-0.2, -0.15) is 0 Å². The molecule has 0 saturated carbocycles. The minimum absolute atomic E-state index is 0.111. The third-order valence-electron chi connectivity index (χ3n) is 9.04. The Bertz CT molecular complexity index is 3150. The first-order valence-corrected chi connectivity index (χ1v) is 17.0. The van der Waals surface area contributed by atoms with Crippen molar-refractivity contribution in [1.82, 2.24) is 15.0 Å². The van der Waals surface area contributed by atoms with Crippen LogP contribution in [0.1, 0.15) is 6.85 Å². The molecule has 3 aromatic heterocycles. The molecule has 0 atom stereocenters. The van der Waals surface area contributed by atoms with Crippen LogP contribution in [0.15, 0.2) is 168 Å². The number of thiophene rings is 1. The van der Waals surface area contributed by atoms with Gasteiger partial charge in [0.15, 0.2) is 17.5 Å². The second-order valence-corrected chi connectivity index (χ2v) is 13.1. The van der Waals surface area contributed by atoms with E-state index in [0.717, 1.165) is 33.0 Å². The lowest BCUT2D eigenvalue weighted by Crippen LogP contribution is -2.00. The second-order valence-electron chi connectivity index (χ2n) is 12.0. The van der Waals surface area contributed by atoms with Crippen LogP contribution in [0.25, 0.3) is 98.5 Å². The molecule has 0 fully saturated rings. The molecule has 0 saturated heterocycles. The minimum atomic E-state index is -0.437. The minimum Gasteiger partial charge on any atom is -0.455 e. The molecule has 50 heavy (non-hydrogen) atoms. The quantitative estimate of drug-likeness (QED) is 0.184. The first-order valence-electron chi connectivity index (χ1n) is 18.7. The molecule has 0 radical (unpaired) electrons. The highest BCUT2D eigenvalue weighted by Crippen LogP contribution is 2.44. The average Bonchev–Trinajstić information content (AvgIpc) is 3.82. The number of benzene rings is 7. The van der Waals surface area contributed by atoms with E-state index in [-0.39, 0.29) is 17.6 Å². The Kier molecular flexibility index (Phi) is 5.54. The predicted molar refractivity (Wildman–Crippen MR) is 207 cm³/mol. The van der Waals surface area contributed by atoms with Crippen LogP contribution >= 0.6 is 11.3 Å². The summed E-state index contributed by atoms with van der Waals surface area (Å²) in [5.74, 6) is 1.23. The maximum atomic E-state index is 8.57. The summed E-state index contributed by atoms with van der Waals surface area (Å²) in [5, 5.41) is 4.37. The van der Waals surface area contributed by atoms with Gasteiger partial charge in [-0.3, -0.25) is 0 Å². The third kappa shape index (κ3) is 4.71. The fraction of sp³-hybridized carbons (Fsp3) is 0. The van der Waals surface area contributed by atoms with Gasteiger partial charge in [0, 0.05) is 53.2 Å². The van der Waals surface area contributed by atoms with Gasteiger partial charge in [0.05, 0.1) is 12.4 Å². The number of rotatable bonds is 5. The SMILES string of the molecule is [2H]c1c([2H])c([2H])c(-c2cccc(-c3nc(-c4ccccc4)nc(-c4cccc5c4oc4c(-c6cccc7c6sc6ccccc67)cccc45)n3)c2)c([2H])c1[2H]. The summed E-state index contributed by atoms with van der Waals surface area (Å²) >= 11 is 1.78. The molecule has 4 nitrogen and oxygen atoms in total. The highest BCUT2D eigenvalue weighted by Gasteiger charge is 2.20. The second kappa shape index (κ2) is 11.6. The van der Waals surface area contributed by atoms with E-state index in [9.17, 15) is 0 Å². The van der Waals surface area contributed by atoms with Crippen LogP contribution in [0.4, 0.5) is 0 Å². The van der Waals surface area contributed by atoms with Crippen molar-refractivity contribution in [3.63, 3.8) is 0 Å². The average molecular weight is 663 g/mol. The van der Waals surface area contributed by atoms with Gasteiger partial charge < -0.3 is 4.42 Å². The van der Waals surface area contributed by atoms with Gasteiger partial charge in [-0.05, 0) is 29.3 Å². The van der Waals surface area contributed by atoms with Crippen molar-refractivity contribution in [2.75, 3.05) is 0 Å². The predicted octanol–water partition coefficient (Wildman–Crippen LogP) is 12.5. The van der Waals surface area contributed by atoms with E-state index in [1.165, 1.54) is 20.2 Å². The Hall–Kier alpha value is -6.43. The van der Waals surface area contributed by atoms with E-state index in [1.807, 2.05) is 48.5 Å². The molecule has 234 valence electrons. The molecule has 0 bridgehead atoms. The Balaban J connectivity index is 1.17. The molecule has 5 heteroatoms. The molecule has 7 aromatic carbocycles. The molecule has 0 aliphatic carbocycles. The van der Waals surface area contributed by atoms with Crippen LogP contribution in [-0.4, -0.2) is 15.0 Å². The van der Waals surface area contributed by atoms with Gasteiger partial charge in [-0.1, -0.05) is 145 Å². The van der Waals surface area contributed by atoms with Crippen LogP contribution in [0.3, 0.4) is 0 Å². The van der Waals surface area contributed by atoms with Crippen LogP contribution in [0, 0.1) is 0 Å². The first kappa shape index (κ1) is 23.8. The molecule has 0 aliphatic rings. The Morgan fingerprint density at radius 3 is 1.84 bits per heavy atom. The van der Waals surface area contributed by atoms with Crippen molar-refractivity contribution in [3.8, 4) is 56.4 Å². The van der Waals surface area contributed by atoms with E-state index < -0.39 is 18.1 Å². The molecule has 0 N–H and O–H groups in total. The van der Waals surface area contributed by atoms with E-state index in [1.54, 1.807) is 29.5 Å². The highest BCUT2D eigenvalue weighted by atomic mass is 32.1. The normalized spacial score (nSPS) is 13.0. The van der Waals surface area contributed by atoms with Gasteiger partial charge in [0.2, 0.25) is 0 Å². The first-order chi connectivity index (χ1) is 26.9. The van der Waals surface area contributed by atoms with Crippen LogP contribution in [-0.2, 0) is 0 Å². The molecule has 10 aromatic rings. The summed E-state index contributed by atoms with van der Waals surface area (Å²) in [5.41, 5.74) is 6.20. The van der Waals surface area contributed by atoms with Gasteiger partial charge in [-0.25, -0.2) is 15.0 Å². The van der Waals surface area contributed by atoms with E-state index in [4.69, 9.17) is 26.2 Å². The van der Waals surface area contributed by atoms with Crippen molar-refractivity contribution in [2.45, 2.75) is 0 Å². The van der Waals surface area contributed by atoms with Crippen molar-refractivity contribution in [1.29, 1.82) is 0 Å². The molecule has 10 rings (SSSR count). The number of nitrogens with zero attached hydrogens (tertiary/aromatic N) is 3. The monoisotopic (exact) mass is 662 g/mol. The molecule has 0 spiro atoms. The summed E-state index contributed by atoms with van der Waals surface area (Å²) in [6.07, 6.45) is 0. The molecule has 0 amide bonds. The molecule has 0 aliphatic heterocycles. The van der Waals surface area contributed by atoms with Crippen molar-refractivity contribution in [2.24, 2.45) is 0 Å². The van der Waals surface area contributed by atoms with Crippen LogP contribution in [0.5, 0.6) is 0 Å². The van der Waals surface area contributed by atoms with E-state index >= 15 is 0 Å². The summed E-state index contributed by atoms with van der Waals surface area (Å²) < 4.78 is 51.0. The zero-order valence-electron chi connectivity index (χ0n) is 31.4. The van der Waals surface area contributed by atoms with Crippen LogP contribution in [0.2, 0.25) is 0 Å². The number of furan rings is 1. The lowest BCUT2D eigenvalue weighted by molar-refractivity contribution is 0.670. The fourth-order valence-corrected chi connectivity index (χ4v) is 7.95. The van der Waals surface area contributed by atoms with Gasteiger partial charge >= 0.3 is 0 Å². The Morgan fingerprint density at radius 2 is 1.02 bits per heavy atom. The Morgan fingerprint density at radius 1 is 0.440 bits per heavy atom. The Labute approximate surface area is 299 Å². The summed E-state index contributed by atoms with van der Waals surface area (Å²) in [4.78, 5) is 14.9. The highest BCUT2D eigenvalue weighted by molar-refractivity contribution is 7.26. The summed E-state index contributed by atoms with van der Waals surface area (Å²) in [6, 6.07) is 42.2. The number of hydrogen-bond acceptors (Lipinski definition) is 5. The third-order valence-corrected chi connectivity index (χ3v) is 10.3. The molecular formula is C45H27N3OS. The van der Waals surface area contributed by atoms with Crippen molar-refractivity contribution >= 4 is 53.4 Å². The standard InChI is InChI=1S/C45H27N3OS/c1-3-13-28(14-4-1)30-17-9-18-31(27-30)44-46-43(29-15-5-2-6-16-29)47-45(48-44)38-25-11-21-34-33-20-10-22-35(40(33)49-41(34)38)37-24-12-23-36-32-19-7-8-26-39(32)50-42(36)37/h1-27H/i1D,3D,4D,13D,14D. The topological polar surface area (TPSA) is 51.8 Å². The zero-order valence-corrected chi connectivity index (χ0v) is 27.2. The smallest absolute Gasteiger partial charge is 0.167 e.